The number of nitrogens with zero attached hydrogens (tertiary/aromatic N) is 4. The molecule has 1 rings (SSSR count). The Kier molecular flexibility index (Phi) is 10.9. The largest absolute Gasteiger partial charge is 0.356 e. The molecule has 1 aromatic rings. The van der Waals surface area contributed by atoms with Crippen molar-refractivity contribution < 1.29 is 0 Å². The fourth-order valence-corrected chi connectivity index (χ4v) is 2.67. The lowest BCUT2D eigenvalue weighted by Gasteiger charge is -2.19. The minimum absolute atomic E-state index is 0.757. The summed E-state index contributed by atoms with van der Waals surface area (Å²) in [6.45, 7) is 7.46. The monoisotopic (exact) mass is 322 g/mol. The molecule has 0 amide bonds. The third-order valence-corrected chi connectivity index (χ3v) is 4.05. The predicted octanol–water partition coefficient (Wildman–Crippen LogP) is 2.83. The molecule has 0 aliphatic rings. The van der Waals surface area contributed by atoms with E-state index in [2.05, 4.69) is 39.7 Å². The first-order valence-corrected chi connectivity index (χ1v) is 9.07. The first-order chi connectivity index (χ1) is 11.3. The molecule has 0 saturated heterocycles. The molecule has 132 valence electrons. The summed E-state index contributed by atoms with van der Waals surface area (Å²) >= 11 is 0. The Morgan fingerprint density at radius 1 is 1.04 bits per heavy atom. The number of aliphatic imine (C=N–C) groups is 1. The van der Waals surface area contributed by atoms with Crippen LogP contribution in [0.2, 0.25) is 0 Å². The predicted molar refractivity (Wildman–Crippen MR) is 96.5 cm³/mol. The van der Waals surface area contributed by atoms with Crippen LogP contribution in [-0.4, -0.2) is 40.9 Å². The number of unbranched alkanes of at least 4 members (excludes halogenated alkanes) is 2. The van der Waals surface area contributed by atoms with E-state index in [1.165, 1.54) is 32.1 Å². The van der Waals surface area contributed by atoms with Crippen LogP contribution in [0.5, 0.6) is 0 Å². The molecule has 6 heteroatoms. The summed E-state index contributed by atoms with van der Waals surface area (Å²) in [5.74, 6) is 1.68. The summed E-state index contributed by atoms with van der Waals surface area (Å²) in [5, 5.41) is 14.5. The first-order valence-electron chi connectivity index (χ1n) is 9.07. The molecule has 0 spiro atoms. The van der Waals surface area contributed by atoms with Gasteiger partial charge in [-0.25, -0.2) is 0 Å². The van der Waals surface area contributed by atoms with Crippen molar-refractivity contribution in [2.24, 2.45) is 10.9 Å². The lowest BCUT2D eigenvalue weighted by atomic mass is 9.97. The van der Waals surface area contributed by atoms with Crippen LogP contribution in [0.15, 0.2) is 17.6 Å². The molecule has 1 unspecified atom stereocenters. The average Bonchev–Trinajstić information content (AvgIpc) is 3.08. The van der Waals surface area contributed by atoms with Gasteiger partial charge >= 0.3 is 0 Å². The summed E-state index contributed by atoms with van der Waals surface area (Å²) in [6.07, 6.45) is 12.2. The van der Waals surface area contributed by atoms with E-state index in [0.29, 0.717) is 0 Å². The zero-order valence-electron chi connectivity index (χ0n) is 15.1. The van der Waals surface area contributed by atoms with E-state index in [1.54, 1.807) is 12.7 Å². The van der Waals surface area contributed by atoms with Crippen molar-refractivity contribution in [3.05, 3.63) is 12.7 Å². The molecule has 0 aliphatic heterocycles. The molecule has 6 nitrogen and oxygen atoms in total. The number of guanidine groups is 1. The average molecular weight is 323 g/mol. The van der Waals surface area contributed by atoms with Crippen LogP contribution >= 0.6 is 0 Å². The van der Waals surface area contributed by atoms with Gasteiger partial charge in [-0.15, -0.1) is 10.2 Å². The van der Waals surface area contributed by atoms with E-state index >= 15 is 0 Å². The highest BCUT2D eigenvalue weighted by molar-refractivity contribution is 5.79. The Morgan fingerprint density at radius 2 is 1.83 bits per heavy atom. The molecule has 1 heterocycles. The molecule has 0 aliphatic carbocycles. The molecule has 0 radical (unpaired) electrons. The Labute approximate surface area is 141 Å². The van der Waals surface area contributed by atoms with Crippen molar-refractivity contribution in [2.75, 3.05) is 20.1 Å². The summed E-state index contributed by atoms with van der Waals surface area (Å²) in [4.78, 5) is 4.32. The number of hydrogen-bond donors (Lipinski definition) is 2. The fraction of sp³-hybridized carbons (Fsp3) is 0.824. The Morgan fingerprint density at radius 3 is 2.48 bits per heavy atom. The normalized spacial score (nSPS) is 13.1. The molecule has 0 saturated carbocycles. The third-order valence-electron chi connectivity index (χ3n) is 4.05. The molecule has 1 aromatic heterocycles. The number of hydrogen-bond acceptors (Lipinski definition) is 3. The van der Waals surface area contributed by atoms with Gasteiger partial charge in [0.15, 0.2) is 5.96 Å². The standard InChI is InChI=1S/C17H34N6/c1-4-6-10-16(9-5-2)13-20-17(18-3)19-11-7-8-12-23-14-21-22-15-23/h14-16H,4-13H2,1-3H3,(H2,18,19,20). The summed E-state index contributed by atoms with van der Waals surface area (Å²) in [6, 6.07) is 0. The van der Waals surface area contributed by atoms with Gasteiger partial charge in [0.05, 0.1) is 0 Å². The minimum atomic E-state index is 0.757. The van der Waals surface area contributed by atoms with Crippen molar-refractivity contribution >= 4 is 5.96 Å². The summed E-state index contributed by atoms with van der Waals surface area (Å²) in [5.41, 5.74) is 0. The van der Waals surface area contributed by atoms with Crippen LogP contribution in [0.3, 0.4) is 0 Å². The van der Waals surface area contributed by atoms with Gasteiger partial charge in [-0.1, -0.05) is 33.1 Å². The van der Waals surface area contributed by atoms with Gasteiger partial charge in [-0.3, -0.25) is 4.99 Å². The molecular weight excluding hydrogens is 288 g/mol. The van der Waals surface area contributed by atoms with E-state index in [9.17, 15) is 0 Å². The van der Waals surface area contributed by atoms with E-state index in [1.807, 2.05) is 11.6 Å². The van der Waals surface area contributed by atoms with Crippen LogP contribution in [-0.2, 0) is 6.54 Å². The molecule has 0 aromatic carbocycles. The van der Waals surface area contributed by atoms with Crippen LogP contribution in [0.25, 0.3) is 0 Å². The van der Waals surface area contributed by atoms with Crippen LogP contribution in [0.1, 0.15) is 58.8 Å². The Balaban J connectivity index is 2.14. The van der Waals surface area contributed by atoms with E-state index < -0.39 is 0 Å². The van der Waals surface area contributed by atoms with Gasteiger partial charge in [-0.05, 0) is 31.6 Å². The van der Waals surface area contributed by atoms with Gasteiger partial charge in [0.25, 0.3) is 0 Å². The summed E-state index contributed by atoms with van der Waals surface area (Å²) in [7, 11) is 1.84. The highest BCUT2D eigenvalue weighted by atomic mass is 15.2. The van der Waals surface area contributed by atoms with Gasteiger partial charge in [0.1, 0.15) is 12.7 Å². The second kappa shape index (κ2) is 12.9. The van der Waals surface area contributed by atoms with Gasteiger partial charge in [0.2, 0.25) is 0 Å². The van der Waals surface area contributed by atoms with Gasteiger partial charge in [0, 0.05) is 26.7 Å². The molecule has 23 heavy (non-hydrogen) atoms. The Hall–Kier alpha value is -1.59. The molecular formula is C17H34N6. The zero-order chi connectivity index (χ0) is 16.8. The van der Waals surface area contributed by atoms with Crippen molar-refractivity contribution in [3.63, 3.8) is 0 Å². The maximum Gasteiger partial charge on any atom is 0.190 e. The second-order valence-corrected chi connectivity index (χ2v) is 6.08. The number of rotatable bonds is 12. The highest BCUT2D eigenvalue weighted by Crippen LogP contribution is 2.13. The maximum atomic E-state index is 4.32. The van der Waals surface area contributed by atoms with E-state index in [4.69, 9.17) is 0 Å². The molecule has 0 fully saturated rings. The zero-order valence-corrected chi connectivity index (χ0v) is 15.1. The molecule has 0 bridgehead atoms. The lowest BCUT2D eigenvalue weighted by Crippen LogP contribution is -2.40. The van der Waals surface area contributed by atoms with Crippen molar-refractivity contribution in [2.45, 2.75) is 65.3 Å². The maximum absolute atomic E-state index is 4.32. The van der Waals surface area contributed by atoms with Crippen LogP contribution < -0.4 is 10.6 Å². The summed E-state index contributed by atoms with van der Waals surface area (Å²) < 4.78 is 2.01. The van der Waals surface area contributed by atoms with Gasteiger partial charge in [-0.2, -0.15) is 0 Å². The van der Waals surface area contributed by atoms with Crippen molar-refractivity contribution in [1.82, 2.24) is 25.4 Å². The quantitative estimate of drug-likeness (QED) is 0.353. The molecule has 1 atom stereocenters. The van der Waals surface area contributed by atoms with Gasteiger partial charge < -0.3 is 15.2 Å². The molecule has 2 N–H and O–H groups in total. The fourth-order valence-electron chi connectivity index (χ4n) is 2.67. The Bertz CT molecular complexity index is 401. The lowest BCUT2D eigenvalue weighted by molar-refractivity contribution is 0.423. The van der Waals surface area contributed by atoms with Crippen LogP contribution in [0.4, 0.5) is 0 Å². The number of aromatic nitrogens is 3. The third kappa shape index (κ3) is 9.21. The van der Waals surface area contributed by atoms with E-state index in [-0.39, 0.29) is 0 Å². The minimum Gasteiger partial charge on any atom is -0.356 e. The second-order valence-electron chi connectivity index (χ2n) is 6.08. The topological polar surface area (TPSA) is 67.1 Å². The van der Waals surface area contributed by atoms with Crippen molar-refractivity contribution in [1.29, 1.82) is 0 Å². The van der Waals surface area contributed by atoms with E-state index in [0.717, 1.165) is 44.4 Å². The number of aryl methyl sites for hydroxylation is 1. The van der Waals surface area contributed by atoms with Crippen molar-refractivity contribution in [3.8, 4) is 0 Å². The number of nitrogens with one attached hydrogen (secondary N) is 2. The highest BCUT2D eigenvalue weighted by Gasteiger charge is 2.08. The smallest absolute Gasteiger partial charge is 0.190 e. The SMILES string of the molecule is CCCCC(CCC)CNC(=NC)NCCCCn1cnnc1. The first kappa shape index (κ1) is 19.5. The van der Waals surface area contributed by atoms with Crippen LogP contribution in [0, 0.1) is 5.92 Å².